The molecule has 2 fully saturated rings. The van der Waals surface area contributed by atoms with Crippen molar-refractivity contribution < 1.29 is 23.0 Å². The molecule has 1 heterocycles. The third-order valence-corrected chi connectivity index (χ3v) is 5.57. The molecule has 0 spiro atoms. The topological polar surface area (TPSA) is 44.7 Å². The quantitative estimate of drug-likeness (QED) is 0.834. The maximum atomic E-state index is 12.6. The fraction of sp³-hybridized carbons (Fsp3) is 0.684. The average Bonchev–Trinajstić information content (AvgIpc) is 2.92. The van der Waals surface area contributed by atoms with E-state index in [2.05, 4.69) is 21.9 Å². The van der Waals surface area contributed by atoms with E-state index in [-0.39, 0.29) is 11.7 Å². The van der Waals surface area contributed by atoms with Gasteiger partial charge in [-0.05, 0) is 42.9 Å². The van der Waals surface area contributed by atoms with Crippen molar-refractivity contribution in [3.05, 3.63) is 29.8 Å². The number of rotatable bonds is 5. The van der Waals surface area contributed by atoms with Crippen molar-refractivity contribution >= 4 is 0 Å². The van der Waals surface area contributed by atoms with Crippen molar-refractivity contribution in [2.24, 2.45) is 5.92 Å². The first kappa shape index (κ1) is 19.5. The maximum absolute atomic E-state index is 12.6. The summed E-state index contributed by atoms with van der Waals surface area (Å²) in [4.78, 5) is 2.28. The molecule has 0 amide bonds. The lowest BCUT2D eigenvalue weighted by Gasteiger charge is -2.38. The summed E-state index contributed by atoms with van der Waals surface area (Å²) in [5.41, 5.74) is -0.178. The van der Waals surface area contributed by atoms with Crippen molar-refractivity contribution in [1.82, 2.24) is 10.2 Å². The number of halogens is 3. The summed E-state index contributed by atoms with van der Waals surface area (Å²) in [5.74, 6) is -0.0441. The van der Waals surface area contributed by atoms with Gasteiger partial charge in [0.2, 0.25) is 0 Å². The minimum atomic E-state index is -4.72. The number of piperazine rings is 1. The van der Waals surface area contributed by atoms with Crippen LogP contribution in [0.25, 0.3) is 0 Å². The molecular formula is C19H27F3N2O2. The first-order valence-electron chi connectivity index (χ1n) is 9.26. The van der Waals surface area contributed by atoms with E-state index in [1.165, 1.54) is 12.1 Å². The third-order valence-electron chi connectivity index (χ3n) is 5.57. The summed E-state index contributed by atoms with van der Waals surface area (Å²) < 4.78 is 41.9. The molecule has 1 aromatic carbocycles. The van der Waals surface area contributed by atoms with Crippen LogP contribution in [0.1, 0.15) is 37.7 Å². The fourth-order valence-corrected chi connectivity index (χ4v) is 4.29. The maximum Gasteiger partial charge on any atom is 0.573 e. The number of alkyl halides is 3. The molecule has 4 nitrogen and oxygen atoms in total. The molecule has 0 radical (unpaired) electrons. The molecule has 26 heavy (non-hydrogen) atoms. The van der Waals surface area contributed by atoms with Gasteiger partial charge in [-0.1, -0.05) is 19.1 Å². The van der Waals surface area contributed by atoms with Gasteiger partial charge in [0.25, 0.3) is 0 Å². The smallest absolute Gasteiger partial charge is 0.406 e. The van der Waals surface area contributed by atoms with Crippen molar-refractivity contribution in [3.63, 3.8) is 0 Å². The van der Waals surface area contributed by atoms with Crippen LogP contribution in [0.2, 0.25) is 0 Å². The number of hydrogen-bond acceptors (Lipinski definition) is 4. The lowest BCUT2D eigenvalue weighted by atomic mass is 9.79. The van der Waals surface area contributed by atoms with Crippen LogP contribution in [0.15, 0.2) is 24.3 Å². The molecule has 0 bridgehead atoms. The highest BCUT2D eigenvalue weighted by Crippen LogP contribution is 2.45. The molecule has 146 valence electrons. The number of hydrogen-bond donors (Lipinski definition) is 2. The first-order valence-corrected chi connectivity index (χ1v) is 9.26. The van der Waals surface area contributed by atoms with Crippen LogP contribution in [-0.2, 0) is 0 Å². The summed E-state index contributed by atoms with van der Waals surface area (Å²) in [7, 11) is 0. The summed E-state index contributed by atoms with van der Waals surface area (Å²) >= 11 is 0. The molecule has 3 atom stereocenters. The van der Waals surface area contributed by atoms with Crippen LogP contribution < -0.4 is 10.1 Å². The van der Waals surface area contributed by atoms with Gasteiger partial charge >= 0.3 is 6.36 Å². The molecule has 2 N–H and O–H groups in total. The van der Waals surface area contributed by atoms with E-state index in [9.17, 15) is 18.3 Å². The molecule has 2 aliphatic rings. The van der Waals surface area contributed by atoms with Crippen LogP contribution in [0.3, 0.4) is 0 Å². The Morgan fingerprint density at radius 1 is 1.35 bits per heavy atom. The monoisotopic (exact) mass is 372 g/mol. The Balaban J connectivity index is 1.86. The Kier molecular flexibility index (Phi) is 5.79. The van der Waals surface area contributed by atoms with Gasteiger partial charge in [-0.2, -0.15) is 0 Å². The minimum absolute atomic E-state index is 0.227. The molecule has 1 aliphatic heterocycles. The fourth-order valence-electron chi connectivity index (χ4n) is 4.29. The summed E-state index contributed by atoms with van der Waals surface area (Å²) in [6, 6.07) is 6.11. The summed E-state index contributed by atoms with van der Waals surface area (Å²) in [6.07, 6.45) is -2.43. The molecule has 2 unspecified atom stereocenters. The molecule has 7 heteroatoms. The van der Waals surface area contributed by atoms with Crippen molar-refractivity contribution in [3.8, 4) is 5.75 Å². The highest BCUT2D eigenvalue weighted by atomic mass is 19.4. The zero-order valence-corrected chi connectivity index (χ0v) is 15.1. The van der Waals surface area contributed by atoms with E-state index < -0.39 is 12.0 Å². The molecular weight excluding hydrogens is 345 g/mol. The van der Waals surface area contributed by atoms with Crippen LogP contribution in [0.4, 0.5) is 13.2 Å². The highest BCUT2D eigenvalue weighted by Gasteiger charge is 2.44. The van der Waals surface area contributed by atoms with Crippen LogP contribution in [-0.4, -0.2) is 54.7 Å². The van der Waals surface area contributed by atoms with Crippen LogP contribution in [0, 0.1) is 5.92 Å². The average molecular weight is 372 g/mol. The van der Waals surface area contributed by atoms with E-state index in [1.54, 1.807) is 12.1 Å². The van der Waals surface area contributed by atoms with E-state index >= 15 is 0 Å². The number of nitrogens with one attached hydrogen (secondary N) is 1. The molecule has 0 aromatic heterocycles. The normalized spacial score (nSPS) is 28.9. The van der Waals surface area contributed by atoms with Crippen LogP contribution in [0.5, 0.6) is 5.75 Å². The lowest BCUT2D eigenvalue weighted by Crippen LogP contribution is -2.48. The Hall–Kier alpha value is -1.31. The largest absolute Gasteiger partial charge is 0.573 e. The first-order chi connectivity index (χ1) is 12.3. The molecule has 1 saturated heterocycles. The third kappa shape index (κ3) is 4.90. The molecule has 1 aliphatic carbocycles. The second kappa shape index (κ2) is 7.74. The van der Waals surface area contributed by atoms with E-state index in [1.807, 2.05) is 0 Å². The zero-order chi connectivity index (χ0) is 18.8. The number of nitrogens with zero attached hydrogens (tertiary/aromatic N) is 1. The zero-order valence-electron chi connectivity index (χ0n) is 15.1. The van der Waals surface area contributed by atoms with Gasteiger partial charge in [-0.15, -0.1) is 13.2 Å². The van der Waals surface area contributed by atoms with Gasteiger partial charge < -0.3 is 20.1 Å². The highest BCUT2D eigenvalue weighted by molar-refractivity contribution is 5.33. The van der Waals surface area contributed by atoms with Gasteiger partial charge in [0.15, 0.2) is 0 Å². The molecule has 1 saturated carbocycles. The Labute approximate surface area is 152 Å². The predicted octanol–water partition coefficient (Wildman–Crippen LogP) is 3.13. The van der Waals surface area contributed by atoms with Crippen LogP contribution >= 0.6 is 0 Å². The Morgan fingerprint density at radius 3 is 2.69 bits per heavy atom. The van der Waals surface area contributed by atoms with Crippen molar-refractivity contribution in [1.29, 1.82) is 0 Å². The number of ether oxygens (including phenoxy) is 1. The number of benzene rings is 1. The van der Waals surface area contributed by atoms with Gasteiger partial charge in [0.05, 0.1) is 5.60 Å². The second-order valence-electron chi connectivity index (χ2n) is 7.68. The van der Waals surface area contributed by atoms with Gasteiger partial charge in [-0.3, -0.25) is 0 Å². The van der Waals surface area contributed by atoms with E-state index in [0.717, 1.165) is 32.6 Å². The summed E-state index contributed by atoms with van der Waals surface area (Å²) in [6.45, 7) is 6.28. The van der Waals surface area contributed by atoms with Crippen molar-refractivity contribution in [2.75, 3.05) is 32.7 Å². The standard InChI is InChI=1S/C19H27F3N2O2/c1-14-5-6-18(25,12-14)17(13-24-9-7-23-8-10-24)15-3-2-4-16(11-15)26-19(20,21)22/h2-4,11,14,17,23,25H,5-10,12-13H2,1H3/t14-,17?,18?/m1/s1. The SMILES string of the molecule is C[C@@H]1CCC(O)(C(CN2CCNCC2)c2cccc(OC(F)(F)F)c2)C1. The number of aliphatic hydroxyl groups is 1. The van der Waals surface area contributed by atoms with E-state index in [4.69, 9.17) is 0 Å². The molecule has 3 rings (SSSR count). The van der Waals surface area contributed by atoms with Crippen molar-refractivity contribution in [2.45, 2.75) is 44.1 Å². The minimum Gasteiger partial charge on any atom is -0.406 e. The Morgan fingerprint density at radius 2 is 2.08 bits per heavy atom. The predicted molar refractivity (Wildman–Crippen MR) is 93.1 cm³/mol. The summed E-state index contributed by atoms with van der Waals surface area (Å²) in [5, 5.41) is 14.6. The molecule has 1 aromatic rings. The van der Waals surface area contributed by atoms with Gasteiger partial charge in [0.1, 0.15) is 5.75 Å². The van der Waals surface area contributed by atoms with Gasteiger partial charge in [-0.25, -0.2) is 0 Å². The Bertz CT molecular complexity index is 605. The lowest BCUT2D eigenvalue weighted by molar-refractivity contribution is -0.274. The van der Waals surface area contributed by atoms with Gasteiger partial charge in [0, 0.05) is 38.6 Å². The van der Waals surface area contributed by atoms with E-state index in [0.29, 0.717) is 30.9 Å². The second-order valence-corrected chi connectivity index (χ2v) is 7.68.